The van der Waals surface area contributed by atoms with Gasteiger partial charge < -0.3 is 19.5 Å². The van der Waals surface area contributed by atoms with Crippen LogP contribution >= 0.6 is 0 Å². The fourth-order valence-electron chi connectivity index (χ4n) is 1.50. The lowest BCUT2D eigenvalue weighted by Crippen LogP contribution is -2.23. The minimum Gasteiger partial charge on any atom is -0.496 e. The average Bonchev–Trinajstić information content (AvgIpc) is 2.38. The van der Waals surface area contributed by atoms with Gasteiger partial charge in [-0.3, -0.25) is 0 Å². The minimum atomic E-state index is -4.44. The first-order valence-electron chi connectivity index (χ1n) is 5.47. The molecule has 1 rings (SSSR count). The van der Waals surface area contributed by atoms with Crippen LogP contribution in [-0.4, -0.2) is 34.2 Å². The van der Waals surface area contributed by atoms with Crippen LogP contribution in [0.5, 0.6) is 5.75 Å². The summed E-state index contributed by atoms with van der Waals surface area (Å²) in [6.07, 6.45) is -4.92. The van der Waals surface area contributed by atoms with Gasteiger partial charge in [0.25, 0.3) is 0 Å². The lowest BCUT2D eigenvalue weighted by molar-refractivity contribution is -0.138. The average molecular weight is 279 g/mol. The van der Waals surface area contributed by atoms with Crippen molar-refractivity contribution in [2.24, 2.45) is 0 Å². The Kier molecular flexibility index (Phi) is 5.44. The van der Waals surface area contributed by atoms with Crippen molar-refractivity contribution in [2.75, 3.05) is 33.2 Å². The van der Waals surface area contributed by atoms with Crippen LogP contribution in [0, 0.1) is 0 Å². The fourth-order valence-corrected chi connectivity index (χ4v) is 1.50. The molecule has 0 bridgehead atoms. The molecule has 7 heteroatoms. The molecule has 0 aliphatic carbocycles. The molecule has 1 aromatic carbocycles. The molecule has 0 spiro atoms. The van der Waals surface area contributed by atoms with E-state index in [1.165, 1.54) is 33.5 Å². The van der Waals surface area contributed by atoms with Gasteiger partial charge in [0, 0.05) is 26.0 Å². The molecule has 19 heavy (non-hydrogen) atoms. The summed E-state index contributed by atoms with van der Waals surface area (Å²) in [4.78, 5) is 0. The number of alkyl halides is 3. The number of halogens is 3. The topological polar surface area (TPSA) is 39.7 Å². The van der Waals surface area contributed by atoms with E-state index in [-0.39, 0.29) is 5.75 Å². The lowest BCUT2D eigenvalue weighted by Gasteiger charge is -2.17. The zero-order valence-corrected chi connectivity index (χ0v) is 10.9. The Morgan fingerprint density at radius 1 is 1.16 bits per heavy atom. The quantitative estimate of drug-likeness (QED) is 0.813. The predicted molar refractivity (Wildman–Crippen MR) is 64.3 cm³/mol. The van der Waals surface area contributed by atoms with E-state index >= 15 is 0 Å². The van der Waals surface area contributed by atoms with Gasteiger partial charge in [0.2, 0.25) is 0 Å². The third-order valence-electron chi connectivity index (χ3n) is 2.51. The van der Waals surface area contributed by atoms with Gasteiger partial charge in [0.15, 0.2) is 6.29 Å². The van der Waals surface area contributed by atoms with Crippen molar-refractivity contribution in [1.29, 1.82) is 0 Å². The molecule has 0 aromatic heterocycles. The maximum absolute atomic E-state index is 12.6. The zero-order valence-electron chi connectivity index (χ0n) is 10.9. The van der Waals surface area contributed by atoms with E-state index in [0.29, 0.717) is 12.2 Å². The summed E-state index contributed by atoms with van der Waals surface area (Å²) in [5.41, 5.74) is -0.320. The van der Waals surface area contributed by atoms with Crippen LogP contribution < -0.4 is 10.1 Å². The number of nitrogens with one attached hydrogen (secondary N) is 1. The van der Waals surface area contributed by atoms with Gasteiger partial charge in [-0.05, 0) is 12.1 Å². The van der Waals surface area contributed by atoms with Gasteiger partial charge in [-0.15, -0.1) is 0 Å². The third kappa shape index (κ3) is 4.29. The van der Waals surface area contributed by atoms with Gasteiger partial charge in [-0.1, -0.05) is 0 Å². The van der Waals surface area contributed by atoms with Crippen LogP contribution in [0.2, 0.25) is 0 Å². The molecule has 0 radical (unpaired) electrons. The predicted octanol–water partition coefficient (Wildman–Crippen LogP) is 2.74. The maximum Gasteiger partial charge on any atom is 0.419 e. The Bertz CT molecular complexity index is 406. The van der Waals surface area contributed by atoms with Crippen LogP contribution in [-0.2, 0) is 15.7 Å². The third-order valence-corrected chi connectivity index (χ3v) is 2.51. The number of hydrogen-bond acceptors (Lipinski definition) is 4. The Morgan fingerprint density at radius 3 is 2.26 bits per heavy atom. The molecule has 0 saturated heterocycles. The van der Waals surface area contributed by atoms with E-state index in [9.17, 15) is 13.2 Å². The Labute approximate surface area is 109 Å². The second-order valence-corrected chi connectivity index (χ2v) is 3.69. The second kappa shape index (κ2) is 6.63. The Hall–Kier alpha value is -1.47. The summed E-state index contributed by atoms with van der Waals surface area (Å²) in [5.74, 6) is -0.233. The van der Waals surface area contributed by atoms with Gasteiger partial charge in [0.05, 0.1) is 19.2 Å². The number of rotatable bonds is 6. The number of anilines is 1. The number of benzene rings is 1. The highest BCUT2D eigenvalue weighted by atomic mass is 19.4. The number of methoxy groups -OCH3 is 3. The molecule has 0 fully saturated rings. The first kappa shape index (κ1) is 15.6. The van der Waals surface area contributed by atoms with Gasteiger partial charge in [0.1, 0.15) is 5.75 Å². The lowest BCUT2D eigenvalue weighted by atomic mass is 10.1. The Morgan fingerprint density at radius 2 is 1.79 bits per heavy atom. The van der Waals surface area contributed by atoms with Crippen molar-refractivity contribution in [3.8, 4) is 5.75 Å². The highest BCUT2D eigenvalue weighted by molar-refractivity contribution is 5.52. The van der Waals surface area contributed by atoms with Crippen molar-refractivity contribution in [1.82, 2.24) is 0 Å². The summed E-state index contributed by atoms with van der Waals surface area (Å²) < 4.78 is 52.6. The molecular weight excluding hydrogens is 263 g/mol. The zero-order chi connectivity index (χ0) is 14.5. The van der Waals surface area contributed by atoms with E-state index in [1.807, 2.05) is 0 Å². The molecule has 0 atom stereocenters. The summed E-state index contributed by atoms with van der Waals surface area (Å²) in [5, 5.41) is 2.90. The van der Waals surface area contributed by atoms with Crippen LogP contribution in [0.15, 0.2) is 18.2 Å². The Balaban J connectivity index is 2.83. The number of hydrogen-bond donors (Lipinski definition) is 1. The molecule has 0 unspecified atom stereocenters. The molecule has 0 amide bonds. The SMILES string of the molecule is COc1cc(NCC(OC)OC)ccc1C(F)(F)F. The normalized spacial score (nSPS) is 11.7. The van der Waals surface area contributed by atoms with Gasteiger partial charge in [-0.2, -0.15) is 13.2 Å². The van der Waals surface area contributed by atoms with Crippen molar-refractivity contribution in [2.45, 2.75) is 12.5 Å². The van der Waals surface area contributed by atoms with E-state index in [1.54, 1.807) is 0 Å². The van der Waals surface area contributed by atoms with Crippen LogP contribution in [0.4, 0.5) is 18.9 Å². The van der Waals surface area contributed by atoms with Crippen molar-refractivity contribution in [3.05, 3.63) is 23.8 Å². The first-order valence-corrected chi connectivity index (χ1v) is 5.47. The van der Waals surface area contributed by atoms with Gasteiger partial charge in [-0.25, -0.2) is 0 Å². The summed E-state index contributed by atoms with van der Waals surface area (Å²) in [6, 6.07) is 3.58. The molecule has 108 valence electrons. The van der Waals surface area contributed by atoms with E-state index in [4.69, 9.17) is 14.2 Å². The summed E-state index contributed by atoms with van der Waals surface area (Å²) >= 11 is 0. The van der Waals surface area contributed by atoms with E-state index in [2.05, 4.69) is 5.32 Å². The van der Waals surface area contributed by atoms with Crippen LogP contribution in [0.1, 0.15) is 5.56 Å². The second-order valence-electron chi connectivity index (χ2n) is 3.69. The van der Waals surface area contributed by atoms with Crippen molar-refractivity contribution >= 4 is 5.69 Å². The minimum absolute atomic E-state index is 0.233. The van der Waals surface area contributed by atoms with Gasteiger partial charge >= 0.3 is 6.18 Å². The molecular formula is C12H16F3NO3. The smallest absolute Gasteiger partial charge is 0.419 e. The van der Waals surface area contributed by atoms with E-state index < -0.39 is 18.0 Å². The molecule has 0 saturated carbocycles. The molecule has 1 N–H and O–H groups in total. The first-order chi connectivity index (χ1) is 8.92. The molecule has 0 heterocycles. The number of ether oxygens (including phenoxy) is 3. The molecule has 1 aromatic rings. The van der Waals surface area contributed by atoms with E-state index in [0.717, 1.165) is 6.07 Å². The highest BCUT2D eigenvalue weighted by Crippen LogP contribution is 2.37. The molecule has 0 aliphatic rings. The van der Waals surface area contributed by atoms with Crippen molar-refractivity contribution in [3.63, 3.8) is 0 Å². The van der Waals surface area contributed by atoms with Crippen LogP contribution in [0.25, 0.3) is 0 Å². The van der Waals surface area contributed by atoms with Crippen LogP contribution in [0.3, 0.4) is 0 Å². The largest absolute Gasteiger partial charge is 0.496 e. The summed E-state index contributed by atoms with van der Waals surface area (Å²) in [7, 11) is 4.15. The summed E-state index contributed by atoms with van der Waals surface area (Å²) in [6.45, 7) is 0.307. The maximum atomic E-state index is 12.6. The standard InChI is InChI=1S/C12H16F3NO3/c1-17-10-6-8(16-7-11(18-2)19-3)4-5-9(10)12(13,14)15/h4-6,11,16H,7H2,1-3H3. The fraction of sp³-hybridized carbons (Fsp3) is 0.500. The molecule has 0 aliphatic heterocycles. The van der Waals surface area contributed by atoms with Crippen molar-refractivity contribution < 1.29 is 27.4 Å². The highest BCUT2D eigenvalue weighted by Gasteiger charge is 2.34. The molecule has 4 nitrogen and oxygen atoms in total. The monoisotopic (exact) mass is 279 g/mol.